The largest absolute Gasteiger partial charge is 0.312 e. The zero-order chi connectivity index (χ0) is 11.3. The van der Waals surface area contributed by atoms with Gasteiger partial charge in [0.25, 0.3) is 0 Å². The van der Waals surface area contributed by atoms with E-state index in [1.807, 2.05) is 0 Å². The summed E-state index contributed by atoms with van der Waals surface area (Å²) in [5.74, 6) is 0. The molecule has 1 fully saturated rings. The molecule has 0 aromatic carbocycles. The van der Waals surface area contributed by atoms with Crippen molar-refractivity contribution in [1.82, 2.24) is 10.2 Å². The molecule has 1 aliphatic heterocycles. The third-order valence-electron chi connectivity index (χ3n) is 3.86. The van der Waals surface area contributed by atoms with Gasteiger partial charge in [-0.15, -0.1) is 0 Å². The molecule has 1 rings (SSSR count). The first kappa shape index (κ1) is 13.0. The van der Waals surface area contributed by atoms with Gasteiger partial charge in [-0.05, 0) is 46.1 Å². The van der Waals surface area contributed by atoms with E-state index in [0.717, 1.165) is 12.6 Å². The Morgan fingerprint density at radius 2 is 2.00 bits per heavy atom. The Hall–Kier alpha value is -0.0800. The van der Waals surface area contributed by atoms with Crippen LogP contribution in [0.15, 0.2) is 0 Å². The van der Waals surface area contributed by atoms with Crippen molar-refractivity contribution in [2.75, 3.05) is 13.1 Å². The Balaban J connectivity index is 2.25. The average Bonchev–Trinajstić information content (AvgIpc) is 2.66. The maximum absolute atomic E-state index is 3.67. The number of rotatable bonds is 6. The molecular weight excluding hydrogens is 184 g/mol. The number of likely N-dealkylation sites (tertiary alicyclic amines) is 1. The van der Waals surface area contributed by atoms with E-state index in [1.165, 1.54) is 32.2 Å². The van der Waals surface area contributed by atoms with Crippen molar-refractivity contribution < 1.29 is 0 Å². The Labute approximate surface area is 95.4 Å². The van der Waals surface area contributed by atoms with E-state index in [2.05, 4.69) is 37.9 Å². The van der Waals surface area contributed by atoms with E-state index in [1.54, 1.807) is 0 Å². The number of hydrogen-bond acceptors (Lipinski definition) is 2. The Kier molecular flexibility index (Phi) is 5.62. The van der Waals surface area contributed by atoms with Crippen LogP contribution >= 0.6 is 0 Å². The Bertz CT molecular complexity index is 166. The van der Waals surface area contributed by atoms with Gasteiger partial charge in [-0.1, -0.05) is 13.8 Å². The van der Waals surface area contributed by atoms with Crippen LogP contribution < -0.4 is 5.32 Å². The van der Waals surface area contributed by atoms with Crippen LogP contribution in [0.2, 0.25) is 0 Å². The van der Waals surface area contributed by atoms with E-state index in [9.17, 15) is 0 Å². The maximum Gasteiger partial charge on any atom is 0.0195 e. The normalized spacial score (nSPS) is 25.0. The number of hydrogen-bond donors (Lipinski definition) is 1. The quantitative estimate of drug-likeness (QED) is 0.728. The predicted molar refractivity (Wildman–Crippen MR) is 67.2 cm³/mol. The van der Waals surface area contributed by atoms with Gasteiger partial charge in [-0.3, -0.25) is 4.90 Å². The van der Waals surface area contributed by atoms with Crippen molar-refractivity contribution >= 4 is 0 Å². The fourth-order valence-corrected chi connectivity index (χ4v) is 2.64. The Morgan fingerprint density at radius 3 is 2.47 bits per heavy atom. The third-order valence-corrected chi connectivity index (χ3v) is 3.86. The lowest BCUT2D eigenvalue weighted by molar-refractivity contribution is 0.193. The second kappa shape index (κ2) is 6.49. The van der Waals surface area contributed by atoms with Crippen LogP contribution in [-0.4, -0.2) is 36.1 Å². The van der Waals surface area contributed by atoms with Gasteiger partial charge in [-0.25, -0.2) is 0 Å². The van der Waals surface area contributed by atoms with Crippen LogP contribution in [0.4, 0.5) is 0 Å². The van der Waals surface area contributed by atoms with Gasteiger partial charge in [-0.2, -0.15) is 0 Å². The standard InChI is InChI=1S/C13H28N2/c1-5-13(6-2)14-10-12(4)15-9-7-8-11(15)3/h11-14H,5-10H2,1-4H3. The molecule has 15 heavy (non-hydrogen) atoms. The minimum Gasteiger partial charge on any atom is -0.312 e. The topological polar surface area (TPSA) is 15.3 Å². The molecule has 1 N–H and O–H groups in total. The first-order valence-electron chi connectivity index (χ1n) is 6.68. The van der Waals surface area contributed by atoms with Gasteiger partial charge in [0, 0.05) is 24.7 Å². The lowest BCUT2D eigenvalue weighted by Gasteiger charge is -2.30. The van der Waals surface area contributed by atoms with Crippen molar-refractivity contribution in [3.63, 3.8) is 0 Å². The van der Waals surface area contributed by atoms with Gasteiger partial charge in [0.2, 0.25) is 0 Å². The van der Waals surface area contributed by atoms with Crippen molar-refractivity contribution in [3.8, 4) is 0 Å². The SMILES string of the molecule is CCC(CC)NCC(C)N1CCCC1C. The molecule has 0 amide bonds. The summed E-state index contributed by atoms with van der Waals surface area (Å²) in [7, 11) is 0. The molecular formula is C13H28N2. The van der Waals surface area contributed by atoms with Crippen LogP contribution in [0, 0.1) is 0 Å². The monoisotopic (exact) mass is 212 g/mol. The highest BCUT2D eigenvalue weighted by molar-refractivity contribution is 4.81. The Morgan fingerprint density at radius 1 is 1.33 bits per heavy atom. The van der Waals surface area contributed by atoms with Crippen molar-refractivity contribution in [2.24, 2.45) is 0 Å². The second-order valence-corrected chi connectivity index (χ2v) is 5.00. The molecule has 90 valence electrons. The van der Waals surface area contributed by atoms with Crippen LogP contribution in [0.1, 0.15) is 53.4 Å². The zero-order valence-corrected chi connectivity index (χ0v) is 10.9. The summed E-state index contributed by atoms with van der Waals surface area (Å²) in [6.07, 6.45) is 5.27. The molecule has 0 radical (unpaired) electrons. The first-order valence-corrected chi connectivity index (χ1v) is 6.68. The van der Waals surface area contributed by atoms with E-state index >= 15 is 0 Å². The van der Waals surface area contributed by atoms with Gasteiger partial charge in [0.1, 0.15) is 0 Å². The summed E-state index contributed by atoms with van der Waals surface area (Å²) in [4.78, 5) is 2.65. The van der Waals surface area contributed by atoms with E-state index in [-0.39, 0.29) is 0 Å². The summed E-state index contributed by atoms with van der Waals surface area (Å²) in [6, 6.07) is 2.21. The summed E-state index contributed by atoms with van der Waals surface area (Å²) >= 11 is 0. The first-order chi connectivity index (χ1) is 7.19. The molecule has 1 saturated heterocycles. The molecule has 1 heterocycles. The number of nitrogens with zero attached hydrogens (tertiary/aromatic N) is 1. The lowest BCUT2D eigenvalue weighted by atomic mass is 10.1. The second-order valence-electron chi connectivity index (χ2n) is 5.00. The minimum absolute atomic E-state index is 0.697. The molecule has 0 aromatic rings. The molecule has 0 bridgehead atoms. The van der Waals surface area contributed by atoms with E-state index < -0.39 is 0 Å². The summed E-state index contributed by atoms with van der Waals surface area (Å²) in [5.41, 5.74) is 0. The van der Waals surface area contributed by atoms with Crippen molar-refractivity contribution in [3.05, 3.63) is 0 Å². The minimum atomic E-state index is 0.697. The summed E-state index contributed by atoms with van der Waals surface area (Å²) in [6.45, 7) is 11.7. The van der Waals surface area contributed by atoms with E-state index in [0.29, 0.717) is 12.1 Å². The molecule has 2 unspecified atom stereocenters. The fourth-order valence-electron chi connectivity index (χ4n) is 2.64. The van der Waals surface area contributed by atoms with Crippen molar-refractivity contribution in [2.45, 2.75) is 71.5 Å². The summed E-state index contributed by atoms with van der Waals surface area (Å²) in [5, 5.41) is 3.67. The van der Waals surface area contributed by atoms with Gasteiger partial charge in [0.15, 0.2) is 0 Å². The highest BCUT2D eigenvalue weighted by Crippen LogP contribution is 2.18. The molecule has 2 nitrogen and oxygen atoms in total. The number of nitrogens with one attached hydrogen (secondary N) is 1. The van der Waals surface area contributed by atoms with Crippen LogP contribution in [0.3, 0.4) is 0 Å². The lowest BCUT2D eigenvalue weighted by Crippen LogP contribution is -2.44. The van der Waals surface area contributed by atoms with Crippen LogP contribution in [-0.2, 0) is 0 Å². The fraction of sp³-hybridized carbons (Fsp3) is 1.00. The molecule has 0 aliphatic carbocycles. The molecule has 2 atom stereocenters. The summed E-state index contributed by atoms with van der Waals surface area (Å²) < 4.78 is 0. The van der Waals surface area contributed by atoms with E-state index in [4.69, 9.17) is 0 Å². The predicted octanol–water partition coefficient (Wildman–Crippen LogP) is 2.64. The average molecular weight is 212 g/mol. The zero-order valence-electron chi connectivity index (χ0n) is 10.9. The third kappa shape index (κ3) is 3.76. The van der Waals surface area contributed by atoms with Gasteiger partial charge in [0.05, 0.1) is 0 Å². The smallest absolute Gasteiger partial charge is 0.0195 e. The molecule has 0 spiro atoms. The molecule has 2 heteroatoms. The molecule has 1 aliphatic rings. The maximum atomic E-state index is 3.67. The van der Waals surface area contributed by atoms with Gasteiger partial charge >= 0.3 is 0 Å². The molecule has 0 aromatic heterocycles. The highest BCUT2D eigenvalue weighted by Gasteiger charge is 2.24. The van der Waals surface area contributed by atoms with Crippen LogP contribution in [0.5, 0.6) is 0 Å². The van der Waals surface area contributed by atoms with Crippen LogP contribution in [0.25, 0.3) is 0 Å². The van der Waals surface area contributed by atoms with Gasteiger partial charge < -0.3 is 5.32 Å². The highest BCUT2D eigenvalue weighted by atomic mass is 15.2. The molecule has 0 saturated carbocycles. The van der Waals surface area contributed by atoms with Crippen molar-refractivity contribution in [1.29, 1.82) is 0 Å².